The topological polar surface area (TPSA) is 104 Å². The number of hydrogen-bond donors (Lipinski definition) is 3. The second kappa shape index (κ2) is 4.32. The van der Waals surface area contributed by atoms with Crippen LogP contribution in [0.25, 0.3) is 0 Å². The van der Waals surface area contributed by atoms with Gasteiger partial charge in [0.1, 0.15) is 24.0 Å². The number of rotatable bonds is 1. The summed E-state index contributed by atoms with van der Waals surface area (Å²) in [4.78, 5) is 25.5. The number of aliphatic hydroxyl groups is 3. The van der Waals surface area contributed by atoms with Crippen molar-refractivity contribution in [2.75, 3.05) is 13.6 Å². The Morgan fingerprint density at radius 1 is 1.23 bits per heavy atom. The molecule has 0 aromatic heterocycles. The zero-order valence-electron chi connectivity index (χ0n) is 17.7. The van der Waals surface area contributed by atoms with Crippen LogP contribution in [0.5, 0.6) is 0 Å². The fourth-order valence-electron chi connectivity index (χ4n) is 11.5. The molecule has 0 aromatic rings. The van der Waals surface area contributed by atoms with Gasteiger partial charge < -0.3 is 20.1 Å². The van der Waals surface area contributed by atoms with Crippen LogP contribution >= 0.6 is 0 Å². The quantitative estimate of drug-likeness (QED) is 0.319. The van der Waals surface area contributed by atoms with E-state index in [2.05, 4.69) is 13.5 Å². The number of aliphatic hydroxyl groups excluding tert-OH is 1. The van der Waals surface area contributed by atoms with E-state index in [9.17, 15) is 24.9 Å². The Balaban J connectivity index is 1.56. The van der Waals surface area contributed by atoms with E-state index in [0.29, 0.717) is 25.8 Å². The highest BCUT2D eigenvalue weighted by Crippen LogP contribution is 2.91. The third-order valence-corrected chi connectivity index (χ3v) is 11.3. The summed E-state index contributed by atoms with van der Waals surface area (Å²) in [6.07, 6.45) is 0.164. The van der Waals surface area contributed by atoms with Gasteiger partial charge in [0, 0.05) is 18.3 Å². The Kier molecular flexibility index (Phi) is 2.63. The van der Waals surface area contributed by atoms with Gasteiger partial charge in [-0.1, -0.05) is 19.1 Å². The summed E-state index contributed by atoms with van der Waals surface area (Å²) in [5.74, 6) is -1.46. The molecule has 3 N–H and O–H groups in total. The first-order valence-electron chi connectivity index (χ1n) is 11.2. The number of quaternary nitrogens is 1. The van der Waals surface area contributed by atoms with Crippen LogP contribution in [0.15, 0.2) is 12.2 Å². The number of piperidine rings is 2. The van der Waals surface area contributed by atoms with E-state index < -0.39 is 39.6 Å². The number of ether oxygens (including phenoxy) is 1. The Bertz CT molecular complexity index is 996. The molecule has 9 rings (SSSR count). The normalized spacial score (nSPS) is 68.1. The molecule has 3 heterocycles. The highest BCUT2D eigenvalue weighted by Gasteiger charge is 3.05. The van der Waals surface area contributed by atoms with Crippen molar-refractivity contribution in [1.82, 2.24) is 0 Å². The fourth-order valence-corrected chi connectivity index (χ4v) is 11.5. The van der Waals surface area contributed by atoms with Crippen molar-refractivity contribution in [3.05, 3.63) is 12.2 Å². The molecule has 6 aliphatic carbocycles. The van der Waals surface area contributed by atoms with Gasteiger partial charge >= 0.3 is 5.97 Å². The first-order chi connectivity index (χ1) is 13.9. The predicted octanol–water partition coefficient (Wildman–Crippen LogP) is 0.123. The number of likely N-dealkylation sites (N-methyl/N-ethyl adjacent to an activating group) is 1. The molecule has 9 aliphatic rings. The summed E-state index contributed by atoms with van der Waals surface area (Å²) in [6.45, 7) is 8.25. The summed E-state index contributed by atoms with van der Waals surface area (Å²) in [5, 5.41) is 36.8. The van der Waals surface area contributed by atoms with E-state index in [1.807, 2.05) is 7.05 Å². The van der Waals surface area contributed by atoms with Crippen LogP contribution in [0.4, 0.5) is 0 Å². The van der Waals surface area contributed by atoms with Crippen molar-refractivity contribution >= 4 is 11.8 Å². The predicted molar refractivity (Wildman–Crippen MR) is 102 cm³/mol. The van der Waals surface area contributed by atoms with Crippen LogP contribution in [-0.2, 0) is 14.3 Å². The molecule has 162 valence electrons. The second-order valence-electron chi connectivity index (χ2n) is 12.2. The SMILES string of the molecule is C=C1C[C@]23[C@@H]4C(=O)[C@H]1C[C@@]2(O)[C@@]12C[C@@H](OC(C)=O)C[C@@]5(C)C[N@@+](C)([C@H]41)[C@](O)([C@H]52)[C@H]3O. The molecule has 0 amide bonds. The van der Waals surface area contributed by atoms with Crippen LogP contribution in [0, 0.1) is 34.0 Å². The minimum Gasteiger partial charge on any atom is -0.463 e. The summed E-state index contributed by atoms with van der Waals surface area (Å²) >= 11 is 0. The highest BCUT2D eigenvalue weighted by molar-refractivity contribution is 5.92. The highest BCUT2D eigenvalue weighted by atomic mass is 16.5. The van der Waals surface area contributed by atoms with Crippen molar-refractivity contribution in [3.8, 4) is 0 Å². The van der Waals surface area contributed by atoms with E-state index in [-0.39, 0.29) is 46.6 Å². The van der Waals surface area contributed by atoms with Crippen molar-refractivity contribution in [3.63, 3.8) is 0 Å². The molecule has 3 saturated heterocycles. The number of carbonyl (C=O) groups excluding carboxylic acids is 2. The molecule has 0 aromatic carbocycles. The maximum Gasteiger partial charge on any atom is 0.302 e. The molecule has 0 radical (unpaired) electrons. The minimum atomic E-state index is -1.41. The van der Waals surface area contributed by atoms with Crippen LogP contribution < -0.4 is 0 Å². The molecule has 0 unspecified atom stereocenters. The van der Waals surface area contributed by atoms with Crippen molar-refractivity contribution in [2.45, 2.75) is 69.1 Å². The van der Waals surface area contributed by atoms with Gasteiger partial charge in [0.25, 0.3) is 0 Å². The summed E-state index contributed by atoms with van der Waals surface area (Å²) in [6, 6.07) is -0.266. The Labute approximate surface area is 175 Å². The lowest BCUT2D eigenvalue weighted by atomic mass is 9.37. The molecular formula is C23H30NO6+. The van der Waals surface area contributed by atoms with Gasteiger partial charge in [-0.25, -0.2) is 0 Å². The maximum absolute atomic E-state index is 13.7. The van der Waals surface area contributed by atoms with Crippen molar-refractivity contribution in [1.29, 1.82) is 0 Å². The van der Waals surface area contributed by atoms with E-state index in [1.165, 1.54) is 6.92 Å². The molecule has 6 saturated carbocycles. The molecular weight excluding hydrogens is 386 g/mol. The van der Waals surface area contributed by atoms with E-state index in [0.717, 1.165) is 5.57 Å². The molecule has 7 heteroatoms. The van der Waals surface area contributed by atoms with E-state index in [4.69, 9.17) is 4.74 Å². The summed E-state index contributed by atoms with van der Waals surface area (Å²) in [7, 11) is 1.98. The van der Waals surface area contributed by atoms with Gasteiger partial charge in [-0.3, -0.25) is 14.1 Å². The Morgan fingerprint density at radius 3 is 2.60 bits per heavy atom. The second-order valence-corrected chi connectivity index (χ2v) is 12.2. The van der Waals surface area contributed by atoms with E-state index >= 15 is 0 Å². The molecule has 9 bridgehead atoms. The molecule has 7 nitrogen and oxygen atoms in total. The first-order valence-corrected chi connectivity index (χ1v) is 11.2. The third kappa shape index (κ3) is 1.23. The summed E-state index contributed by atoms with van der Waals surface area (Å²) in [5.41, 5.74) is -4.14. The van der Waals surface area contributed by atoms with Gasteiger partial charge in [0.05, 0.1) is 41.9 Å². The van der Waals surface area contributed by atoms with Crippen LogP contribution in [0.1, 0.15) is 39.5 Å². The van der Waals surface area contributed by atoms with Crippen molar-refractivity contribution < 1.29 is 34.1 Å². The van der Waals surface area contributed by atoms with Crippen LogP contribution in [0.2, 0.25) is 0 Å². The lowest BCUT2D eigenvalue weighted by Crippen LogP contribution is -2.82. The minimum absolute atomic E-state index is 0.0853. The van der Waals surface area contributed by atoms with Gasteiger partial charge in [-0.15, -0.1) is 0 Å². The number of hydrogen-bond acceptors (Lipinski definition) is 6. The average molecular weight is 416 g/mol. The first kappa shape index (κ1) is 18.3. The number of carbonyl (C=O) groups is 2. The lowest BCUT2D eigenvalue weighted by Gasteiger charge is -2.68. The van der Waals surface area contributed by atoms with Gasteiger partial charge in [-0.05, 0) is 25.7 Å². The monoisotopic (exact) mass is 416 g/mol. The number of allylic oxidation sites excluding steroid dienone is 1. The molecule has 12 atom stereocenters. The number of Topliss-reactive ketones (excluding diaryl/α,β-unsaturated/α-hetero) is 1. The van der Waals surface area contributed by atoms with E-state index in [1.54, 1.807) is 0 Å². The number of ketones is 1. The Hall–Kier alpha value is -1.28. The summed E-state index contributed by atoms with van der Waals surface area (Å²) < 4.78 is 5.94. The lowest BCUT2D eigenvalue weighted by molar-refractivity contribution is -0.998. The van der Waals surface area contributed by atoms with Gasteiger partial charge in [0.2, 0.25) is 5.72 Å². The number of fused-ring (bicyclic) bond motifs is 1. The largest absolute Gasteiger partial charge is 0.463 e. The van der Waals surface area contributed by atoms with Gasteiger partial charge in [0.15, 0.2) is 0 Å². The molecule has 30 heavy (non-hydrogen) atoms. The zero-order valence-corrected chi connectivity index (χ0v) is 17.7. The van der Waals surface area contributed by atoms with Gasteiger partial charge in [-0.2, -0.15) is 0 Å². The smallest absolute Gasteiger partial charge is 0.302 e. The third-order valence-electron chi connectivity index (χ3n) is 11.3. The van der Waals surface area contributed by atoms with Crippen molar-refractivity contribution in [2.24, 2.45) is 34.0 Å². The maximum atomic E-state index is 13.7. The van der Waals surface area contributed by atoms with Crippen LogP contribution in [-0.4, -0.2) is 74.7 Å². The zero-order chi connectivity index (χ0) is 21.4. The fraction of sp³-hybridized carbons (Fsp3) is 0.826. The standard InChI is InChI=1S/C23H30NO6/c1-10-5-20-14-15(26)13(10)8-22(20,28)21-7-12(30-11(2)25)6-19(3)9-24(4,16(14)21)23(29,17(19)21)18(20)27/h12-14,16-18,27-29H,1,5-9H2,2-4H3/q+1/t12-,13-,14+,16+,17+,18-,19-,20+,21-,22-,23-,24-/m0/s1. The number of esters is 1. The Morgan fingerprint density at radius 2 is 1.93 bits per heavy atom. The molecule has 2 spiro atoms. The molecule has 9 fully saturated rings. The van der Waals surface area contributed by atoms with Crippen LogP contribution in [0.3, 0.4) is 0 Å². The number of nitrogens with zero attached hydrogens (tertiary/aromatic N) is 1. The average Bonchev–Trinajstić information content (AvgIpc) is 2.94. The molecule has 3 aliphatic heterocycles.